The summed E-state index contributed by atoms with van der Waals surface area (Å²) >= 11 is 0. The quantitative estimate of drug-likeness (QED) is 0.665. The number of likely N-dealkylation sites (N-methyl/N-ethyl adjacent to an activating group) is 1. The first kappa shape index (κ1) is 16.7. The van der Waals surface area contributed by atoms with Crippen LogP contribution in [0.3, 0.4) is 0 Å². The first-order chi connectivity index (χ1) is 12.1. The molecule has 0 bridgehead atoms. The van der Waals surface area contributed by atoms with Crippen molar-refractivity contribution in [3.63, 3.8) is 0 Å². The Morgan fingerprint density at radius 1 is 1.04 bits per heavy atom. The van der Waals surface area contributed by atoms with E-state index in [-0.39, 0.29) is 5.91 Å². The van der Waals surface area contributed by atoms with Crippen molar-refractivity contribution in [3.8, 4) is 5.75 Å². The molecule has 0 unspecified atom stereocenters. The maximum Gasteiger partial charge on any atom is 0.246 e. The van der Waals surface area contributed by atoms with Crippen LogP contribution in [0.1, 0.15) is 11.3 Å². The molecular weight excluding hydrogens is 312 g/mol. The van der Waals surface area contributed by atoms with Gasteiger partial charge in [0, 0.05) is 25.6 Å². The van der Waals surface area contributed by atoms with Crippen molar-refractivity contribution in [2.45, 2.75) is 6.61 Å². The molecule has 4 heteroatoms. The number of benzene rings is 2. The van der Waals surface area contributed by atoms with Crippen LogP contribution in [-0.4, -0.2) is 29.9 Å². The fourth-order valence-electron chi connectivity index (χ4n) is 2.34. The number of para-hydroxylation sites is 1. The lowest BCUT2D eigenvalue weighted by Crippen LogP contribution is -2.18. The number of fused-ring (bicyclic) bond motifs is 1. The van der Waals surface area contributed by atoms with E-state index in [2.05, 4.69) is 11.1 Å². The topological polar surface area (TPSA) is 42.4 Å². The summed E-state index contributed by atoms with van der Waals surface area (Å²) in [5.74, 6) is 0.730. The summed E-state index contributed by atoms with van der Waals surface area (Å²) in [5.41, 5.74) is 2.81. The lowest BCUT2D eigenvalue weighted by molar-refractivity contribution is -0.123. The normalized spacial score (nSPS) is 11.0. The average molecular weight is 332 g/mol. The van der Waals surface area contributed by atoms with E-state index in [1.807, 2.05) is 54.6 Å². The van der Waals surface area contributed by atoms with Gasteiger partial charge in [0.25, 0.3) is 0 Å². The number of aromatic nitrogens is 1. The van der Waals surface area contributed by atoms with Gasteiger partial charge in [-0.25, -0.2) is 4.98 Å². The molecule has 3 rings (SSSR count). The molecule has 3 aromatic rings. The van der Waals surface area contributed by atoms with Crippen molar-refractivity contribution >= 4 is 22.9 Å². The van der Waals surface area contributed by atoms with Gasteiger partial charge in [-0.1, -0.05) is 36.4 Å². The van der Waals surface area contributed by atoms with Gasteiger partial charge in [0.15, 0.2) is 0 Å². The standard InChI is InChI=1S/C21H20N2O2/c1-23(2)21(24)14-9-16-7-12-19(13-8-16)25-15-18-11-10-17-5-3-4-6-20(17)22-18/h3-14H,15H2,1-2H3. The fourth-order valence-corrected chi connectivity index (χ4v) is 2.34. The Kier molecular flexibility index (Phi) is 5.09. The van der Waals surface area contributed by atoms with E-state index in [4.69, 9.17) is 4.74 Å². The van der Waals surface area contributed by atoms with Gasteiger partial charge >= 0.3 is 0 Å². The second kappa shape index (κ2) is 7.62. The summed E-state index contributed by atoms with van der Waals surface area (Å²) in [6, 6.07) is 19.7. The van der Waals surface area contributed by atoms with Gasteiger partial charge < -0.3 is 9.64 Å². The maximum atomic E-state index is 11.5. The Hall–Kier alpha value is -3.14. The zero-order chi connectivity index (χ0) is 17.6. The number of amides is 1. The molecule has 0 saturated heterocycles. The van der Waals surface area contributed by atoms with Gasteiger partial charge in [-0.15, -0.1) is 0 Å². The maximum absolute atomic E-state index is 11.5. The van der Waals surface area contributed by atoms with Crippen molar-refractivity contribution in [3.05, 3.63) is 78.0 Å². The highest BCUT2D eigenvalue weighted by molar-refractivity contribution is 5.91. The van der Waals surface area contributed by atoms with Crippen LogP contribution < -0.4 is 4.74 Å². The molecule has 0 fully saturated rings. The van der Waals surface area contributed by atoms with Crippen LogP contribution in [0, 0.1) is 0 Å². The number of hydrogen-bond acceptors (Lipinski definition) is 3. The van der Waals surface area contributed by atoms with Crippen LogP contribution in [0.2, 0.25) is 0 Å². The Labute approximate surface area is 147 Å². The second-order valence-electron chi connectivity index (χ2n) is 5.92. The first-order valence-corrected chi connectivity index (χ1v) is 8.09. The number of carbonyl (C=O) groups is 1. The van der Waals surface area contributed by atoms with E-state index in [0.29, 0.717) is 6.61 Å². The van der Waals surface area contributed by atoms with Gasteiger partial charge in [0.2, 0.25) is 5.91 Å². The summed E-state index contributed by atoms with van der Waals surface area (Å²) in [4.78, 5) is 17.7. The molecule has 1 amide bonds. The molecule has 25 heavy (non-hydrogen) atoms. The largest absolute Gasteiger partial charge is 0.487 e. The van der Waals surface area contributed by atoms with Gasteiger partial charge in [0.1, 0.15) is 12.4 Å². The van der Waals surface area contributed by atoms with Crippen LogP contribution in [-0.2, 0) is 11.4 Å². The summed E-state index contributed by atoms with van der Waals surface area (Å²) < 4.78 is 5.80. The minimum Gasteiger partial charge on any atom is -0.487 e. The third-order valence-corrected chi connectivity index (χ3v) is 3.78. The highest BCUT2D eigenvalue weighted by Crippen LogP contribution is 2.16. The lowest BCUT2D eigenvalue weighted by atomic mass is 10.2. The van der Waals surface area contributed by atoms with Crippen LogP contribution >= 0.6 is 0 Å². The smallest absolute Gasteiger partial charge is 0.246 e. The zero-order valence-electron chi connectivity index (χ0n) is 14.3. The third-order valence-electron chi connectivity index (χ3n) is 3.78. The van der Waals surface area contributed by atoms with E-state index < -0.39 is 0 Å². The number of nitrogens with zero attached hydrogens (tertiary/aromatic N) is 2. The molecule has 0 aliphatic heterocycles. The predicted octanol–water partition coefficient (Wildman–Crippen LogP) is 3.92. The van der Waals surface area contributed by atoms with E-state index in [9.17, 15) is 4.79 Å². The highest BCUT2D eigenvalue weighted by Gasteiger charge is 2.01. The van der Waals surface area contributed by atoms with Crippen LogP contribution in [0.25, 0.3) is 17.0 Å². The van der Waals surface area contributed by atoms with Gasteiger partial charge in [0.05, 0.1) is 11.2 Å². The number of carbonyl (C=O) groups excluding carboxylic acids is 1. The average Bonchev–Trinajstić information content (AvgIpc) is 2.65. The van der Waals surface area contributed by atoms with Crippen LogP contribution in [0.5, 0.6) is 5.75 Å². The minimum absolute atomic E-state index is 0.0392. The number of pyridine rings is 1. The van der Waals surface area contributed by atoms with Crippen molar-refractivity contribution in [2.75, 3.05) is 14.1 Å². The summed E-state index contributed by atoms with van der Waals surface area (Å²) in [5, 5.41) is 1.12. The molecule has 0 spiro atoms. The Balaban J connectivity index is 1.62. The van der Waals surface area contributed by atoms with E-state index in [1.165, 1.54) is 4.90 Å². The summed E-state index contributed by atoms with van der Waals surface area (Å²) in [6.07, 6.45) is 3.34. The Morgan fingerprint density at radius 3 is 2.56 bits per heavy atom. The first-order valence-electron chi connectivity index (χ1n) is 8.09. The van der Waals surface area contributed by atoms with Crippen molar-refractivity contribution in [1.29, 1.82) is 0 Å². The van der Waals surface area contributed by atoms with Crippen LogP contribution in [0.15, 0.2) is 66.7 Å². The van der Waals surface area contributed by atoms with E-state index in [1.54, 1.807) is 26.2 Å². The number of rotatable bonds is 5. The molecular formula is C21H20N2O2. The Morgan fingerprint density at radius 2 is 1.80 bits per heavy atom. The van der Waals surface area contributed by atoms with Gasteiger partial charge in [-0.2, -0.15) is 0 Å². The van der Waals surface area contributed by atoms with Gasteiger partial charge in [-0.3, -0.25) is 4.79 Å². The Bertz CT molecular complexity index is 899. The van der Waals surface area contributed by atoms with Gasteiger partial charge in [-0.05, 0) is 35.9 Å². The van der Waals surface area contributed by atoms with E-state index in [0.717, 1.165) is 27.9 Å². The van der Waals surface area contributed by atoms with Crippen molar-refractivity contribution in [2.24, 2.45) is 0 Å². The van der Waals surface area contributed by atoms with Crippen molar-refractivity contribution in [1.82, 2.24) is 9.88 Å². The number of ether oxygens (including phenoxy) is 1. The molecule has 0 atom stereocenters. The third kappa shape index (κ3) is 4.44. The fraction of sp³-hybridized carbons (Fsp3) is 0.143. The van der Waals surface area contributed by atoms with E-state index >= 15 is 0 Å². The SMILES string of the molecule is CN(C)C(=O)C=Cc1ccc(OCc2ccc3ccccc3n2)cc1. The lowest BCUT2D eigenvalue weighted by Gasteiger charge is -2.07. The molecule has 0 aliphatic carbocycles. The highest BCUT2D eigenvalue weighted by atomic mass is 16.5. The van der Waals surface area contributed by atoms with Crippen molar-refractivity contribution < 1.29 is 9.53 Å². The molecule has 1 heterocycles. The molecule has 0 N–H and O–H groups in total. The monoisotopic (exact) mass is 332 g/mol. The molecule has 1 aromatic heterocycles. The predicted molar refractivity (Wildman–Crippen MR) is 100 cm³/mol. The molecule has 126 valence electrons. The molecule has 0 radical (unpaired) electrons. The summed E-state index contributed by atoms with van der Waals surface area (Å²) in [6.45, 7) is 0.416. The molecule has 0 aliphatic rings. The minimum atomic E-state index is -0.0392. The zero-order valence-corrected chi connectivity index (χ0v) is 14.3. The number of hydrogen-bond donors (Lipinski definition) is 0. The second-order valence-corrected chi connectivity index (χ2v) is 5.92. The van der Waals surface area contributed by atoms with Crippen LogP contribution in [0.4, 0.5) is 0 Å². The molecule has 4 nitrogen and oxygen atoms in total. The summed E-state index contributed by atoms with van der Waals surface area (Å²) in [7, 11) is 3.45. The molecule has 0 saturated carbocycles. The molecule has 2 aromatic carbocycles.